The molecule has 1 saturated heterocycles. The Bertz CT molecular complexity index is 394. The van der Waals surface area contributed by atoms with Gasteiger partial charge in [-0.25, -0.2) is 0 Å². The number of benzene rings is 1. The van der Waals surface area contributed by atoms with Crippen LogP contribution >= 0.6 is 0 Å². The van der Waals surface area contributed by atoms with E-state index in [1.807, 2.05) is 12.1 Å². The molecule has 1 aromatic carbocycles. The minimum atomic E-state index is -0.0178. The van der Waals surface area contributed by atoms with Gasteiger partial charge in [-0.05, 0) is 57.0 Å². The minimum Gasteiger partial charge on any atom is -0.497 e. The van der Waals surface area contributed by atoms with Gasteiger partial charge in [0.1, 0.15) is 5.75 Å². The average molecular weight is 248 g/mol. The molecule has 0 spiro atoms. The largest absolute Gasteiger partial charge is 0.497 e. The number of likely N-dealkylation sites (tertiary alicyclic amines) is 1. The summed E-state index contributed by atoms with van der Waals surface area (Å²) in [5.74, 6) is 0.930. The maximum Gasteiger partial charge on any atom is 0.119 e. The van der Waals surface area contributed by atoms with E-state index in [0.717, 1.165) is 31.6 Å². The lowest BCUT2D eigenvalue weighted by Crippen LogP contribution is -2.53. The summed E-state index contributed by atoms with van der Waals surface area (Å²) >= 11 is 0. The lowest BCUT2D eigenvalue weighted by molar-refractivity contribution is 0.170. The summed E-state index contributed by atoms with van der Waals surface area (Å²) in [6.45, 7) is 2.19. The molecule has 1 heterocycles. The molecule has 0 saturated carbocycles. The van der Waals surface area contributed by atoms with Crippen LogP contribution in [-0.2, 0) is 6.42 Å². The quantitative estimate of drug-likeness (QED) is 0.886. The van der Waals surface area contributed by atoms with Crippen LogP contribution in [0.3, 0.4) is 0 Å². The van der Waals surface area contributed by atoms with E-state index in [4.69, 9.17) is 10.5 Å². The molecule has 0 bridgehead atoms. The van der Waals surface area contributed by atoms with Gasteiger partial charge in [-0.15, -0.1) is 0 Å². The Morgan fingerprint density at radius 2 is 2.28 bits per heavy atom. The number of rotatable bonds is 4. The highest BCUT2D eigenvalue weighted by Gasteiger charge is 2.29. The summed E-state index contributed by atoms with van der Waals surface area (Å²) in [7, 11) is 3.87. The Hall–Kier alpha value is -1.06. The van der Waals surface area contributed by atoms with Gasteiger partial charge in [-0.3, -0.25) is 0 Å². The first kappa shape index (κ1) is 13.4. The van der Waals surface area contributed by atoms with E-state index < -0.39 is 0 Å². The molecular formula is C15H24N2O. The normalized spacial score (nSPS) is 25.1. The molecule has 2 rings (SSSR count). The van der Waals surface area contributed by atoms with Crippen molar-refractivity contribution in [3.8, 4) is 5.75 Å². The van der Waals surface area contributed by atoms with Crippen LogP contribution in [0.25, 0.3) is 0 Å². The van der Waals surface area contributed by atoms with Crippen molar-refractivity contribution in [2.75, 3.05) is 27.2 Å². The monoisotopic (exact) mass is 248 g/mol. The van der Waals surface area contributed by atoms with Crippen LogP contribution in [0.15, 0.2) is 24.3 Å². The molecule has 1 aliphatic rings. The van der Waals surface area contributed by atoms with Crippen LogP contribution in [0, 0.1) is 0 Å². The summed E-state index contributed by atoms with van der Waals surface area (Å²) in [6.07, 6.45) is 4.43. The zero-order chi connectivity index (χ0) is 13.0. The summed E-state index contributed by atoms with van der Waals surface area (Å²) in [4.78, 5) is 2.34. The zero-order valence-corrected chi connectivity index (χ0v) is 11.5. The molecule has 3 nitrogen and oxygen atoms in total. The van der Waals surface area contributed by atoms with Gasteiger partial charge in [0.2, 0.25) is 0 Å². The summed E-state index contributed by atoms with van der Waals surface area (Å²) in [6, 6.07) is 8.29. The molecule has 0 aromatic heterocycles. The number of methoxy groups -OCH3 is 1. The van der Waals surface area contributed by atoms with E-state index in [-0.39, 0.29) is 5.54 Å². The topological polar surface area (TPSA) is 38.5 Å². The Morgan fingerprint density at radius 1 is 1.44 bits per heavy atom. The Labute approximate surface area is 110 Å². The van der Waals surface area contributed by atoms with Crippen LogP contribution in [0.2, 0.25) is 0 Å². The van der Waals surface area contributed by atoms with Crippen molar-refractivity contribution in [2.45, 2.75) is 31.2 Å². The number of nitrogens with zero attached hydrogens (tertiary/aromatic N) is 1. The predicted octanol–water partition coefficient (Wildman–Crippen LogP) is 2.05. The number of hydrogen-bond donors (Lipinski definition) is 1. The molecule has 1 fully saturated rings. The van der Waals surface area contributed by atoms with Crippen LogP contribution in [0.5, 0.6) is 5.75 Å². The fraction of sp³-hybridized carbons (Fsp3) is 0.600. The van der Waals surface area contributed by atoms with Crippen molar-refractivity contribution < 1.29 is 4.74 Å². The molecule has 18 heavy (non-hydrogen) atoms. The van der Waals surface area contributed by atoms with Crippen LogP contribution < -0.4 is 10.5 Å². The molecule has 2 N–H and O–H groups in total. The zero-order valence-electron chi connectivity index (χ0n) is 11.5. The Balaban J connectivity index is 1.93. The summed E-state index contributed by atoms with van der Waals surface area (Å²) < 4.78 is 5.25. The van der Waals surface area contributed by atoms with Gasteiger partial charge in [0.15, 0.2) is 0 Å². The maximum atomic E-state index is 6.49. The number of ether oxygens (including phenoxy) is 1. The van der Waals surface area contributed by atoms with Crippen LogP contribution in [-0.4, -0.2) is 37.7 Å². The third-order valence-electron chi connectivity index (χ3n) is 3.85. The number of likely N-dealkylation sites (N-methyl/N-ethyl adjacent to an activating group) is 1. The maximum absolute atomic E-state index is 6.49. The molecule has 0 radical (unpaired) electrons. The molecule has 1 aliphatic heterocycles. The van der Waals surface area contributed by atoms with Crippen LogP contribution in [0.4, 0.5) is 0 Å². The van der Waals surface area contributed by atoms with E-state index in [9.17, 15) is 0 Å². The molecule has 0 aliphatic carbocycles. The van der Waals surface area contributed by atoms with E-state index in [1.54, 1.807) is 7.11 Å². The van der Waals surface area contributed by atoms with Crippen molar-refractivity contribution in [1.29, 1.82) is 0 Å². The van der Waals surface area contributed by atoms with E-state index in [2.05, 4.69) is 24.1 Å². The first-order valence-electron chi connectivity index (χ1n) is 6.72. The first-order valence-corrected chi connectivity index (χ1v) is 6.72. The SMILES string of the molecule is COc1cccc(CCC2(N)CCCN(C)C2)c1. The van der Waals surface area contributed by atoms with Gasteiger partial charge >= 0.3 is 0 Å². The second-order valence-corrected chi connectivity index (χ2v) is 5.56. The van der Waals surface area contributed by atoms with Gasteiger partial charge in [0.25, 0.3) is 0 Å². The molecule has 3 heteroatoms. The molecule has 100 valence electrons. The van der Waals surface area contributed by atoms with E-state index >= 15 is 0 Å². The standard InChI is InChI=1S/C15H24N2O/c1-17-10-4-8-15(16,12-17)9-7-13-5-3-6-14(11-13)18-2/h3,5-6,11H,4,7-10,12,16H2,1-2H3. The van der Waals surface area contributed by atoms with Gasteiger partial charge in [0.05, 0.1) is 7.11 Å². The Morgan fingerprint density at radius 3 is 3.00 bits per heavy atom. The highest BCUT2D eigenvalue weighted by atomic mass is 16.5. The molecular weight excluding hydrogens is 224 g/mol. The van der Waals surface area contributed by atoms with Gasteiger partial charge < -0.3 is 15.4 Å². The predicted molar refractivity (Wildman–Crippen MR) is 75.0 cm³/mol. The highest BCUT2D eigenvalue weighted by Crippen LogP contribution is 2.24. The summed E-state index contributed by atoms with van der Waals surface area (Å²) in [5.41, 5.74) is 7.79. The van der Waals surface area contributed by atoms with Crippen molar-refractivity contribution in [1.82, 2.24) is 4.90 Å². The van der Waals surface area contributed by atoms with Crippen LogP contribution in [0.1, 0.15) is 24.8 Å². The second kappa shape index (κ2) is 5.72. The van der Waals surface area contributed by atoms with E-state index in [1.165, 1.54) is 18.5 Å². The number of nitrogens with two attached hydrogens (primary N) is 1. The third kappa shape index (κ3) is 3.47. The highest BCUT2D eigenvalue weighted by molar-refractivity contribution is 5.28. The number of piperidine rings is 1. The van der Waals surface area contributed by atoms with Gasteiger partial charge in [0, 0.05) is 12.1 Å². The van der Waals surface area contributed by atoms with Crippen molar-refractivity contribution >= 4 is 0 Å². The molecule has 1 unspecified atom stereocenters. The lowest BCUT2D eigenvalue weighted by atomic mass is 9.85. The summed E-state index contributed by atoms with van der Waals surface area (Å²) in [5, 5.41) is 0. The number of hydrogen-bond acceptors (Lipinski definition) is 3. The van der Waals surface area contributed by atoms with Crippen molar-refractivity contribution in [3.05, 3.63) is 29.8 Å². The smallest absolute Gasteiger partial charge is 0.119 e. The first-order chi connectivity index (χ1) is 8.61. The number of aryl methyl sites for hydroxylation is 1. The minimum absolute atomic E-state index is 0.0178. The third-order valence-corrected chi connectivity index (χ3v) is 3.85. The lowest BCUT2D eigenvalue weighted by Gasteiger charge is -2.38. The van der Waals surface area contributed by atoms with Gasteiger partial charge in [-0.2, -0.15) is 0 Å². The fourth-order valence-electron chi connectivity index (χ4n) is 2.82. The Kier molecular flexibility index (Phi) is 4.25. The average Bonchev–Trinajstić information content (AvgIpc) is 2.37. The van der Waals surface area contributed by atoms with Crippen molar-refractivity contribution in [3.63, 3.8) is 0 Å². The van der Waals surface area contributed by atoms with Gasteiger partial charge in [-0.1, -0.05) is 12.1 Å². The van der Waals surface area contributed by atoms with E-state index in [0.29, 0.717) is 0 Å². The second-order valence-electron chi connectivity index (χ2n) is 5.56. The molecule has 0 amide bonds. The fourth-order valence-corrected chi connectivity index (χ4v) is 2.82. The molecule has 1 atom stereocenters. The van der Waals surface area contributed by atoms with Crippen molar-refractivity contribution in [2.24, 2.45) is 5.73 Å². The molecule has 1 aromatic rings.